The summed E-state index contributed by atoms with van der Waals surface area (Å²) in [6, 6.07) is 13.6. The van der Waals surface area contributed by atoms with Crippen molar-refractivity contribution in [3.8, 4) is 5.75 Å². The van der Waals surface area contributed by atoms with E-state index in [2.05, 4.69) is 5.32 Å². The molecular weight excluding hydrogens is 392 g/mol. The van der Waals surface area contributed by atoms with Crippen molar-refractivity contribution in [1.82, 2.24) is 4.31 Å². The Balaban J connectivity index is 1.80. The zero-order valence-electron chi connectivity index (χ0n) is 16.4. The maximum absolute atomic E-state index is 13.0. The number of nitrogens with one attached hydrogen (secondary N) is 1. The van der Waals surface area contributed by atoms with Gasteiger partial charge in [0.2, 0.25) is 5.91 Å². The number of ether oxygens (including phenoxy) is 1. The first-order valence-electron chi connectivity index (χ1n) is 9.09. The third-order valence-electron chi connectivity index (χ3n) is 4.72. The number of hydrogen-bond acceptors (Lipinski definition) is 5. The number of nitrogens with zero attached hydrogens (tertiary/aromatic N) is 1. The molecule has 8 heteroatoms. The van der Waals surface area contributed by atoms with Gasteiger partial charge in [-0.05, 0) is 60.9 Å². The minimum atomic E-state index is -4.14. The molecule has 3 rings (SSSR count). The van der Waals surface area contributed by atoms with Gasteiger partial charge in [-0.1, -0.05) is 19.1 Å². The Bertz CT molecular complexity index is 1070. The second-order valence-corrected chi connectivity index (χ2v) is 8.40. The molecule has 1 heterocycles. The smallest absolute Gasteiger partial charge is 0.268 e. The van der Waals surface area contributed by atoms with Crippen LogP contribution in [0.3, 0.4) is 0 Å². The van der Waals surface area contributed by atoms with Gasteiger partial charge in [0.1, 0.15) is 17.2 Å². The molecule has 2 aromatic carbocycles. The van der Waals surface area contributed by atoms with Crippen LogP contribution in [0.25, 0.3) is 4.91 Å². The predicted octanol–water partition coefficient (Wildman–Crippen LogP) is 2.80. The Kier molecular flexibility index (Phi) is 5.74. The zero-order chi connectivity index (χ0) is 21.2. The molecule has 0 saturated heterocycles. The summed E-state index contributed by atoms with van der Waals surface area (Å²) in [7, 11) is -2.63. The Morgan fingerprint density at radius 2 is 1.69 bits per heavy atom. The van der Waals surface area contributed by atoms with Crippen molar-refractivity contribution >= 4 is 32.4 Å². The fourth-order valence-corrected chi connectivity index (χ4v) is 4.89. The summed E-state index contributed by atoms with van der Waals surface area (Å²) in [5.74, 6) is -0.721. The molecule has 0 fully saturated rings. The van der Waals surface area contributed by atoms with E-state index < -0.39 is 28.4 Å². The van der Waals surface area contributed by atoms with Gasteiger partial charge >= 0.3 is 0 Å². The van der Waals surface area contributed by atoms with Gasteiger partial charge in [0, 0.05) is 11.3 Å². The van der Waals surface area contributed by atoms with Crippen LogP contribution in [0.2, 0.25) is 0 Å². The average Bonchev–Trinajstić information content (AvgIpc) is 2.88. The van der Waals surface area contributed by atoms with Gasteiger partial charge in [-0.25, -0.2) is 12.7 Å². The molecular formula is C21H22N2O5S. The van der Waals surface area contributed by atoms with Crippen LogP contribution in [-0.2, 0) is 26.0 Å². The van der Waals surface area contributed by atoms with Crippen LogP contribution in [0.1, 0.15) is 25.0 Å². The summed E-state index contributed by atoms with van der Waals surface area (Å²) in [5.41, 5.74) is 2.10. The summed E-state index contributed by atoms with van der Waals surface area (Å²) in [5, 5.41) is 2.63. The number of carbonyl (C=O) groups excluding carboxylic acids is 2. The maximum Gasteiger partial charge on any atom is 0.268 e. The number of anilines is 1. The largest absolute Gasteiger partial charge is 0.497 e. The standard InChI is InChI=1S/C21H22N2O5S/c1-4-15-5-9-17(10-6-15)22-19(24)13-23-21(25)14(2)20(29(23,26)27)16-7-11-18(28-3)12-8-16/h5-12H,4,13H2,1-3H3,(H,22,24). The van der Waals surface area contributed by atoms with E-state index in [0.717, 1.165) is 12.0 Å². The monoisotopic (exact) mass is 414 g/mol. The fraction of sp³-hybridized carbons (Fsp3) is 0.238. The lowest BCUT2D eigenvalue weighted by molar-refractivity contribution is -0.126. The molecule has 0 aromatic heterocycles. The van der Waals surface area contributed by atoms with E-state index in [4.69, 9.17) is 4.74 Å². The van der Waals surface area contributed by atoms with Gasteiger partial charge in [0.25, 0.3) is 15.9 Å². The normalized spacial score (nSPS) is 15.6. The van der Waals surface area contributed by atoms with Gasteiger partial charge in [-0.3, -0.25) is 9.59 Å². The summed E-state index contributed by atoms with van der Waals surface area (Å²) in [4.78, 5) is 24.9. The van der Waals surface area contributed by atoms with Gasteiger partial charge in [0.05, 0.1) is 7.11 Å². The second-order valence-electron chi connectivity index (χ2n) is 6.60. The average molecular weight is 414 g/mol. The summed E-state index contributed by atoms with van der Waals surface area (Å²) < 4.78 is 31.6. The van der Waals surface area contributed by atoms with Crippen LogP contribution in [0.5, 0.6) is 5.75 Å². The van der Waals surface area contributed by atoms with E-state index in [0.29, 0.717) is 21.3 Å². The molecule has 29 heavy (non-hydrogen) atoms. The minimum Gasteiger partial charge on any atom is -0.497 e. The molecule has 7 nitrogen and oxygen atoms in total. The summed E-state index contributed by atoms with van der Waals surface area (Å²) in [6.07, 6.45) is 0.869. The highest BCUT2D eigenvalue weighted by atomic mass is 32.2. The molecule has 0 atom stereocenters. The second kappa shape index (κ2) is 8.08. The number of sulfonamides is 1. The zero-order valence-corrected chi connectivity index (χ0v) is 17.2. The van der Waals surface area contributed by atoms with Crippen LogP contribution < -0.4 is 10.1 Å². The molecule has 152 valence electrons. The van der Waals surface area contributed by atoms with Gasteiger partial charge < -0.3 is 10.1 Å². The van der Waals surface area contributed by atoms with Crippen LogP contribution in [0.4, 0.5) is 5.69 Å². The number of aryl methyl sites for hydroxylation is 1. The van der Waals surface area contributed by atoms with Crippen molar-refractivity contribution in [2.75, 3.05) is 19.0 Å². The Labute approximate surface area is 170 Å². The number of amides is 2. The van der Waals surface area contributed by atoms with Gasteiger partial charge in [-0.2, -0.15) is 0 Å². The Morgan fingerprint density at radius 1 is 1.07 bits per heavy atom. The number of hydrogen-bond donors (Lipinski definition) is 1. The number of benzene rings is 2. The minimum absolute atomic E-state index is 0.0789. The van der Waals surface area contributed by atoms with Crippen LogP contribution in [0.15, 0.2) is 54.1 Å². The van der Waals surface area contributed by atoms with Crippen LogP contribution >= 0.6 is 0 Å². The Morgan fingerprint density at radius 3 is 2.24 bits per heavy atom. The van der Waals surface area contributed by atoms with Crippen LogP contribution in [-0.4, -0.2) is 38.2 Å². The lowest BCUT2D eigenvalue weighted by Gasteiger charge is -2.16. The van der Waals surface area contributed by atoms with Crippen molar-refractivity contribution in [3.05, 3.63) is 65.2 Å². The van der Waals surface area contributed by atoms with E-state index in [1.165, 1.54) is 14.0 Å². The van der Waals surface area contributed by atoms with Crippen molar-refractivity contribution in [2.24, 2.45) is 0 Å². The first kappa shape index (κ1) is 20.6. The molecule has 2 amide bonds. The number of methoxy groups -OCH3 is 1. The molecule has 0 spiro atoms. The SMILES string of the molecule is CCc1ccc(NC(=O)CN2C(=O)C(C)=C(c3ccc(OC)cc3)S2(=O)=O)cc1. The maximum atomic E-state index is 13.0. The van der Waals surface area contributed by atoms with Crippen molar-refractivity contribution in [1.29, 1.82) is 0 Å². The van der Waals surface area contributed by atoms with Gasteiger partial charge in [-0.15, -0.1) is 0 Å². The molecule has 2 aromatic rings. The molecule has 0 unspecified atom stereocenters. The van der Waals surface area contributed by atoms with E-state index in [-0.39, 0.29) is 10.5 Å². The highest BCUT2D eigenvalue weighted by molar-refractivity contribution is 7.99. The van der Waals surface area contributed by atoms with Gasteiger partial charge in [0.15, 0.2) is 0 Å². The van der Waals surface area contributed by atoms with Crippen LogP contribution in [0, 0.1) is 0 Å². The highest BCUT2D eigenvalue weighted by Crippen LogP contribution is 2.35. The van der Waals surface area contributed by atoms with Crippen molar-refractivity contribution in [2.45, 2.75) is 20.3 Å². The fourth-order valence-electron chi connectivity index (χ4n) is 3.12. The molecule has 0 aliphatic carbocycles. The third-order valence-corrected chi connectivity index (χ3v) is 6.65. The molecule has 0 bridgehead atoms. The highest BCUT2D eigenvalue weighted by Gasteiger charge is 2.43. The molecule has 1 aliphatic heterocycles. The lowest BCUT2D eigenvalue weighted by atomic mass is 10.1. The quantitative estimate of drug-likeness (QED) is 0.785. The molecule has 1 aliphatic rings. The molecule has 0 radical (unpaired) electrons. The Hall–Kier alpha value is -3.13. The number of carbonyl (C=O) groups is 2. The van der Waals surface area contributed by atoms with E-state index in [1.807, 2.05) is 19.1 Å². The third kappa shape index (κ3) is 4.02. The predicted molar refractivity (Wildman–Crippen MR) is 111 cm³/mol. The molecule has 1 N–H and O–H groups in total. The topological polar surface area (TPSA) is 92.8 Å². The first-order valence-corrected chi connectivity index (χ1v) is 10.5. The van der Waals surface area contributed by atoms with Crippen molar-refractivity contribution < 1.29 is 22.7 Å². The lowest BCUT2D eigenvalue weighted by Crippen LogP contribution is -2.38. The molecule has 0 saturated carbocycles. The van der Waals surface area contributed by atoms with Crippen molar-refractivity contribution in [3.63, 3.8) is 0 Å². The number of rotatable bonds is 6. The van der Waals surface area contributed by atoms with E-state index >= 15 is 0 Å². The van der Waals surface area contributed by atoms with E-state index in [9.17, 15) is 18.0 Å². The first-order chi connectivity index (χ1) is 13.8. The summed E-state index contributed by atoms with van der Waals surface area (Å²) in [6.45, 7) is 2.88. The van der Waals surface area contributed by atoms with E-state index in [1.54, 1.807) is 36.4 Å². The summed E-state index contributed by atoms with van der Waals surface area (Å²) >= 11 is 0.